The van der Waals surface area contributed by atoms with Gasteiger partial charge in [0.25, 0.3) is 5.91 Å². The summed E-state index contributed by atoms with van der Waals surface area (Å²) in [6, 6.07) is 14.8. The lowest BCUT2D eigenvalue weighted by molar-refractivity contribution is 0.103. The zero-order valence-electron chi connectivity index (χ0n) is 15.0. The van der Waals surface area contributed by atoms with Crippen molar-refractivity contribution in [3.05, 3.63) is 80.0 Å². The number of thiophene rings is 1. The minimum Gasteiger partial charge on any atom is -0.489 e. The van der Waals surface area contributed by atoms with E-state index in [0.717, 1.165) is 11.3 Å². The van der Waals surface area contributed by atoms with Crippen molar-refractivity contribution in [2.45, 2.75) is 26.4 Å². The maximum atomic E-state index is 12.4. The lowest BCUT2D eigenvalue weighted by Gasteiger charge is -2.08. The number of ether oxygens (including phenoxy) is 1. The molecule has 1 aromatic heterocycles. The zero-order chi connectivity index (χ0) is 19.4. The van der Waals surface area contributed by atoms with Crippen molar-refractivity contribution in [1.82, 2.24) is 0 Å². The molecule has 1 amide bonds. The Morgan fingerprint density at radius 1 is 1.07 bits per heavy atom. The van der Waals surface area contributed by atoms with Gasteiger partial charge in [0.15, 0.2) is 0 Å². The van der Waals surface area contributed by atoms with Crippen LogP contribution < -0.4 is 10.1 Å². The van der Waals surface area contributed by atoms with Gasteiger partial charge in [-0.15, -0.1) is 11.3 Å². The van der Waals surface area contributed by atoms with E-state index >= 15 is 0 Å². The van der Waals surface area contributed by atoms with E-state index in [1.165, 1.54) is 16.9 Å². The molecule has 0 saturated heterocycles. The fourth-order valence-electron chi connectivity index (χ4n) is 2.50. The summed E-state index contributed by atoms with van der Waals surface area (Å²) in [7, 11) is 0. The van der Waals surface area contributed by atoms with Crippen molar-refractivity contribution in [2.24, 2.45) is 0 Å². The molecule has 0 spiro atoms. The Morgan fingerprint density at radius 3 is 2.37 bits per heavy atom. The summed E-state index contributed by atoms with van der Waals surface area (Å²) in [5.74, 6) is 1.10. The van der Waals surface area contributed by atoms with E-state index in [1.807, 2.05) is 23.6 Å². The van der Waals surface area contributed by atoms with Gasteiger partial charge in [-0.05, 0) is 53.3 Å². The lowest BCUT2D eigenvalue weighted by atomic mass is 10.0. The quantitative estimate of drug-likeness (QED) is 0.466. The predicted molar refractivity (Wildman–Crippen MR) is 114 cm³/mol. The Labute approximate surface area is 172 Å². The Balaban J connectivity index is 1.59. The average Bonchev–Trinajstić information content (AvgIpc) is 3.08. The topological polar surface area (TPSA) is 38.3 Å². The molecule has 27 heavy (non-hydrogen) atoms. The Bertz CT molecular complexity index is 915. The molecule has 0 fully saturated rings. The van der Waals surface area contributed by atoms with Crippen LogP contribution in [0.4, 0.5) is 5.69 Å². The first-order valence-corrected chi connectivity index (χ1v) is 10.1. The number of benzene rings is 2. The molecule has 0 atom stereocenters. The summed E-state index contributed by atoms with van der Waals surface area (Å²) in [6.45, 7) is 4.73. The largest absolute Gasteiger partial charge is 0.489 e. The first-order chi connectivity index (χ1) is 12.9. The summed E-state index contributed by atoms with van der Waals surface area (Å²) in [5, 5.41) is 5.67. The van der Waals surface area contributed by atoms with Gasteiger partial charge in [0.2, 0.25) is 0 Å². The van der Waals surface area contributed by atoms with Crippen LogP contribution in [0, 0.1) is 0 Å². The van der Waals surface area contributed by atoms with E-state index in [4.69, 9.17) is 27.9 Å². The van der Waals surface area contributed by atoms with Crippen molar-refractivity contribution in [1.29, 1.82) is 0 Å². The number of hydrogen-bond donors (Lipinski definition) is 1. The normalized spacial score (nSPS) is 10.9. The van der Waals surface area contributed by atoms with Crippen molar-refractivity contribution >= 4 is 46.1 Å². The fraction of sp³-hybridized carbons (Fsp3) is 0.190. The molecule has 6 heteroatoms. The highest BCUT2D eigenvalue weighted by atomic mass is 35.5. The molecule has 1 N–H and O–H groups in total. The molecule has 0 aliphatic heterocycles. The van der Waals surface area contributed by atoms with E-state index in [0.29, 0.717) is 33.1 Å². The lowest BCUT2D eigenvalue weighted by Crippen LogP contribution is -2.10. The van der Waals surface area contributed by atoms with Crippen molar-refractivity contribution < 1.29 is 9.53 Å². The smallest absolute Gasteiger partial charge is 0.265 e. The molecular weight excluding hydrogens is 401 g/mol. The number of carbonyl (C=O) groups is 1. The van der Waals surface area contributed by atoms with Gasteiger partial charge in [-0.1, -0.05) is 49.2 Å². The van der Waals surface area contributed by atoms with Crippen LogP contribution in [0.25, 0.3) is 0 Å². The second-order valence-corrected chi connectivity index (χ2v) is 8.23. The van der Waals surface area contributed by atoms with E-state index < -0.39 is 0 Å². The van der Waals surface area contributed by atoms with Gasteiger partial charge in [0, 0.05) is 21.3 Å². The van der Waals surface area contributed by atoms with Crippen molar-refractivity contribution in [2.75, 3.05) is 5.32 Å². The van der Waals surface area contributed by atoms with Crippen LogP contribution in [0.2, 0.25) is 10.0 Å². The van der Waals surface area contributed by atoms with E-state index in [1.54, 1.807) is 18.2 Å². The Morgan fingerprint density at radius 2 is 1.74 bits per heavy atom. The molecule has 0 aliphatic rings. The number of halogens is 2. The zero-order valence-corrected chi connectivity index (χ0v) is 17.3. The summed E-state index contributed by atoms with van der Waals surface area (Å²) < 4.78 is 5.81. The third-order valence-electron chi connectivity index (χ3n) is 3.95. The van der Waals surface area contributed by atoms with E-state index in [-0.39, 0.29) is 5.91 Å². The van der Waals surface area contributed by atoms with E-state index in [9.17, 15) is 4.79 Å². The third kappa shape index (κ3) is 5.48. The molecular formula is C21H19Cl2NO2S. The van der Waals surface area contributed by atoms with Crippen molar-refractivity contribution in [3.63, 3.8) is 0 Å². The first-order valence-electron chi connectivity index (χ1n) is 8.48. The summed E-state index contributed by atoms with van der Waals surface area (Å²) >= 11 is 13.3. The Kier molecular flexibility index (Phi) is 6.42. The Hall–Kier alpha value is -2.01. The number of anilines is 1. The van der Waals surface area contributed by atoms with Crippen LogP contribution in [-0.2, 0) is 6.61 Å². The molecule has 3 aromatic rings. The number of carbonyl (C=O) groups excluding carboxylic acids is 1. The predicted octanol–water partition coefficient (Wildman–Crippen LogP) is 7.01. The molecule has 0 saturated carbocycles. The molecule has 0 aliphatic carbocycles. The molecule has 0 bridgehead atoms. The molecule has 2 aromatic carbocycles. The van der Waals surface area contributed by atoms with Gasteiger partial charge in [0.05, 0.1) is 4.88 Å². The maximum absolute atomic E-state index is 12.4. The summed E-state index contributed by atoms with van der Waals surface area (Å²) in [4.78, 5) is 13.0. The second-order valence-electron chi connectivity index (χ2n) is 6.44. The van der Waals surface area contributed by atoms with Gasteiger partial charge in [-0.2, -0.15) is 0 Å². The van der Waals surface area contributed by atoms with E-state index in [2.05, 4.69) is 31.3 Å². The van der Waals surface area contributed by atoms with Gasteiger partial charge in [-0.3, -0.25) is 4.79 Å². The van der Waals surface area contributed by atoms with Gasteiger partial charge >= 0.3 is 0 Å². The fourth-order valence-corrected chi connectivity index (χ4v) is 3.82. The van der Waals surface area contributed by atoms with Crippen LogP contribution in [0.15, 0.2) is 53.9 Å². The standard InChI is InChI=1S/C21H19Cl2NO2S/c1-13(2)15-3-5-19(6-4-15)26-11-14-7-20(27-12-14)21(25)24-18-9-16(22)8-17(23)10-18/h3-10,12-13H,11H2,1-2H3,(H,24,25). The molecule has 140 valence electrons. The van der Waals surface area contributed by atoms with Crippen LogP contribution in [0.5, 0.6) is 5.75 Å². The average molecular weight is 420 g/mol. The first kappa shape index (κ1) is 19.7. The van der Waals surface area contributed by atoms with Gasteiger partial charge < -0.3 is 10.1 Å². The molecule has 3 nitrogen and oxygen atoms in total. The number of nitrogens with one attached hydrogen (secondary N) is 1. The number of amides is 1. The second kappa shape index (κ2) is 8.79. The summed E-state index contributed by atoms with van der Waals surface area (Å²) in [6.07, 6.45) is 0. The molecule has 0 radical (unpaired) electrons. The highest BCUT2D eigenvalue weighted by Crippen LogP contribution is 2.25. The third-order valence-corrected chi connectivity index (χ3v) is 5.36. The van der Waals surface area contributed by atoms with Crippen LogP contribution in [0.1, 0.15) is 40.6 Å². The van der Waals surface area contributed by atoms with Crippen LogP contribution >= 0.6 is 34.5 Å². The minimum absolute atomic E-state index is 0.203. The highest BCUT2D eigenvalue weighted by molar-refractivity contribution is 7.12. The summed E-state index contributed by atoms with van der Waals surface area (Å²) in [5.41, 5.74) is 2.79. The minimum atomic E-state index is -0.203. The number of rotatable bonds is 6. The molecule has 0 unspecified atom stereocenters. The monoisotopic (exact) mass is 419 g/mol. The van der Waals surface area contributed by atoms with Gasteiger partial charge in [0.1, 0.15) is 12.4 Å². The molecule has 1 heterocycles. The SMILES string of the molecule is CC(C)c1ccc(OCc2csc(C(=O)Nc3cc(Cl)cc(Cl)c3)c2)cc1. The molecule has 3 rings (SSSR count). The van der Waals surface area contributed by atoms with Crippen LogP contribution in [0.3, 0.4) is 0 Å². The maximum Gasteiger partial charge on any atom is 0.265 e. The van der Waals surface area contributed by atoms with Gasteiger partial charge in [-0.25, -0.2) is 0 Å². The van der Waals surface area contributed by atoms with Crippen LogP contribution in [-0.4, -0.2) is 5.91 Å². The number of hydrogen-bond acceptors (Lipinski definition) is 3. The van der Waals surface area contributed by atoms with Crippen molar-refractivity contribution in [3.8, 4) is 5.75 Å². The highest BCUT2D eigenvalue weighted by Gasteiger charge is 2.11.